The van der Waals surface area contributed by atoms with E-state index in [1.165, 1.54) is 11.3 Å². The number of halogens is 1. The Morgan fingerprint density at radius 3 is 2.57 bits per heavy atom. The molecule has 30 heavy (non-hydrogen) atoms. The minimum absolute atomic E-state index is 0.0599. The lowest BCUT2D eigenvalue weighted by molar-refractivity contribution is 0.0690. The van der Waals surface area contributed by atoms with Crippen LogP contribution in [-0.2, 0) is 6.54 Å². The highest BCUT2D eigenvalue weighted by Crippen LogP contribution is 2.30. The van der Waals surface area contributed by atoms with Crippen LogP contribution in [0.4, 0.5) is 0 Å². The van der Waals surface area contributed by atoms with Gasteiger partial charge in [-0.1, -0.05) is 35.9 Å². The minimum Gasteiger partial charge on any atom is -0.328 e. The standard InChI is InChI=1S/C23H20ClN3O2S/c1-14(2)27(13-21-25-18-6-4-3-5-17(18)22(28)26-21)23(29)20-12-11-19(30-20)15-7-9-16(24)10-8-15/h3-12,14H,13H2,1-2H3,(H,25,26,28). The third-order valence-corrected chi connectivity index (χ3v) is 6.19. The van der Waals surface area contributed by atoms with Crippen molar-refractivity contribution in [1.82, 2.24) is 14.9 Å². The number of benzene rings is 2. The van der Waals surface area contributed by atoms with Gasteiger partial charge in [0.15, 0.2) is 0 Å². The second kappa shape index (κ2) is 8.42. The molecule has 2 aromatic carbocycles. The molecule has 1 amide bonds. The summed E-state index contributed by atoms with van der Waals surface area (Å²) in [7, 11) is 0. The summed E-state index contributed by atoms with van der Waals surface area (Å²) < 4.78 is 0. The number of aromatic nitrogens is 2. The Kier molecular flexibility index (Phi) is 5.70. The number of nitrogens with one attached hydrogen (secondary N) is 1. The monoisotopic (exact) mass is 437 g/mol. The lowest BCUT2D eigenvalue weighted by Crippen LogP contribution is -2.37. The maximum absolute atomic E-state index is 13.2. The number of carbonyl (C=O) groups excluding carboxylic acids is 1. The Balaban J connectivity index is 1.61. The van der Waals surface area contributed by atoms with E-state index in [2.05, 4.69) is 9.97 Å². The second-order valence-corrected chi connectivity index (χ2v) is 8.75. The molecule has 152 valence electrons. The van der Waals surface area contributed by atoms with Crippen LogP contribution >= 0.6 is 22.9 Å². The fourth-order valence-corrected chi connectivity index (χ4v) is 4.32. The highest BCUT2D eigenvalue weighted by atomic mass is 35.5. The second-order valence-electron chi connectivity index (χ2n) is 7.23. The van der Waals surface area contributed by atoms with Crippen LogP contribution in [0.1, 0.15) is 29.3 Å². The summed E-state index contributed by atoms with van der Waals surface area (Å²) in [5, 5.41) is 1.21. The van der Waals surface area contributed by atoms with Crippen LogP contribution in [0.3, 0.4) is 0 Å². The summed E-state index contributed by atoms with van der Waals surface area (Å²) in [6, 6.07) is 18.4. The average Bonchev–Trinajstić information content (AvgIpc) is 3.22. The number of rotatable bonds is 5. The van der Waals surface area contributed by atoms with Crippen LogP contribution in [-0.4, -0.2) is 26.8 Å². The van der Waals surface area contributed by atoms with Crippen molar-refractivity contribution in [1.29, 1.82) is 0 Å². The molecule has 5 nitrogen and oxygen atoms in total. The Morgan fingerprint density at radius 1 is 1.10 bits per heavy atom. The maximum Gasteiger partial charge on any atom is 0.264 e. The zero-order valence-corrected chi connectivity index (χ0v) is 18.1. The number of para-hydroxylation sites is 1. The number of carbonyl (C=O) groups is 1. The van der Waals surface area contributed by atoms with Gasteiger partial charge in [-0.15, -0.1) is 11.3 Å². The molecule has 0 radical (unpaired) electrons. The van der Waals surface area contributed by atoms with Crippen molar-refractivity contribution < 1.29 is 4.79 Å². The Labute approximate surface area is 183 Å². The number of hydrogen-bond donors (Lipinski definition) is 1. The van der Waals surface area contributed by atoms with E-state index in [-0.39, 0.29) is 24.1 Å². The molecule has 0 bridgehead atoms. The van der Waals surface area contributed by atoms with Crippen molar-refractivity contribution in [3.63, 3.8) is 0 Å². The van der Waals surface area contributed by atoms with Gasteiger partial charge in [0.05, 0.1) is 22.3 Å². The van der Waals surface area contributed by atoms with Gasteiger partial charge in [-0.2, -0.15) is 0 Å². The third kappa shape index (κ3) is 4.15. The van der Waals surface area contributed by atoms with E-state index in [1.54, 1.807) is 23.1 Å². The van der Waals surface area contributed by atoms with Gasteiger partial charge >= 0.3 is 0 Å². The van der Waals surface area contributed by atoms with Gasteiger partial charge in [0.25, 0.3) is 11.5 Å². The molecule has 4 aromatic rings. The Hall–Kier alpha value is -2.96. The summed E-state index contributed by atoms with van der Waals surface area (Å²) in [5.74, 6) is 0.376. The Morgan fingerprint density at radius 2 is 1.83 bits per heavy atom. The number of aromatic amines is 1. The van der Waals surface area contributed by atoms with E-state index in [4.69, 9.17) is 11.6 Å². The first kappa shape index (κ1) is 20.3. The topological polar surface area (TPSA) is 66.1 Å². The molecule has 4 rings (SSSR count). The summed E-state index contributed by atoms with van der Waals surface area (Å²) in [4.78, 5) is 36.3. The summed E-state index contributed by atoms with van der Waals surface area (Å²) in [5.41, 5.74) is 1.43. The van der Waals surface area contributed by atoms with Crippen molar-refractivity contribution in [2.75, 3.05) is 0 Å². The molecule has 2 heterocycles. The van der Waals surface area contributed by atoms with E-state index >= 15 is 0 Å². The largest absolute Gasteiger partial charge is 0.328 e. The van der Waals surface area contributed by atoms with Crippen molar-refractivity contribution in [3.05, 3.63) is 86.7 Å². The molecule has 0 saturated heterocycles. The first-order valence-electron chi connectivity index (χ1n) is 9.57. The quantitative estimate of drug-likeness (QED) is 0.457. The molecule has 0 fully saturated rings. The Bertz CT molecular complexity index is 1260. The first-order chi connectivity index (χ1) is 14.4. The minimum atomic E-state index is -0.201. The number of H-pyrrole nitrogens is 1. The predicted molar refractivity (Wildman–Crippen MR) is 122 cm³/mol. The van der Waals surface area contributed by atoms with Gasteiger partial charge in [-0.25, -0.2) is 4.98 Å². The number of thiophene rings is 1. The van der Waals surface area contributed by atoms with E-state index in [1.807, 2.05) is 56.3 Å². The lowest BCUT2D eigenvalue weighted by atomic mass is 10.2. The van der Waals surface area contributed by atoms with Crippen molar-refractivity contribution in [2.24, 2.45) is 0 Å². The fourth-order valence-electron chi connectivity index (χ4n) is 3.22. The summed E-state index contributed by atoms with van der Waals surface area (Å²) >= 11 is 7.40. The zero-order chi connectivity index (χ0) is 21.3. The predicted octanol–water partition coefficient (Wildman–Crippen LogP) is 5.36. The first-order valence-corrected chi connectivity index (χ1v) is 10.8. The highest BCUT2D eigenvalue weighted by molar-refractivity contribution is 7.17. The van der Waals surface area contributed by atoms with E-state index < -0.39 is 0 Å². The molecule has 7 heteroatoms. The van der Waals surface area contributed by atoms with Crippen LogP contribution in [0.25, 0.3) is 21.3 Å². The average molecular weight is 438 g/mol. The molecular weight excluding hydrogens is 418 g/mol. The zero-order valence-electron chi connectivity index (χ0n) is 16.6. The SMILES string of the molecule is CC(C)N(Cc1nc2ccccc2c(=O)[nH]1)C(=O)c1ccc(-c2ccc(Cl)cc2)s1. The third-order valence-electron chi connectivity index (χ3n) is 4.81. The molecular formula is C23H20ClN3O2S. The number of fused-ring (bicyclic) bond motifs is 1. The van der Waals surface area contributed by atoms with Gasteiger partial charge < -0.3 is 9.88 Å². The number of amides is 1. The molecule has 0 spiro atoms. The van der Waals surface area contributed by atoms with Crippen LogP contribution in [0, 0.1) is 0 Å². The van der Waals surface area contributed by atoms with E-state index in [0.717, 1.165) is 10.4 Å². The number of nitrogens with zero attached hydrogens (tertiary/aromatic N) is 2. The number of hydrogen-bond acceptors (Lipinski definition) is 4. The van der Waals surface area contributed by atoms with Crippen LogP contribution < -0.4 is 5.56 Å². The molecule has 2 aromatic heterocycles. The van der Waals surface area contributed by atoms with Crippen LogP contribution in [0.2, 0.25) is 5.02 Å². The smallest absolute Gasteiger partial charge is 0.264 e. The highest BCUT2D eigenvalue weighted by Gasteiger charge is 2.22. The fraction of sp³-hybridized carbons (Fsp3) is 0.174. The molecule has 0 aliphatic carbocycles. The molecule has 1 N–H and O–H groups in total. The van der Waals surface area contributed by atoms with Gasteiger partial charge in [0.1, 0.15) is 5.82 Å². The maximum atomic E-state index is 13.2. The van der Waals surface area contributed by atoms with Gasteiger partial charge in [0.2, 0.25) is 0 Å². The van der Waals surface area contributed by atoms with Gasteiger partial charge in [-0.3, -0.25) is 9.59 Å². The van der Waals surface area contributed by atoms with E-state index in [0.29, 0.717) is 26.6 Å². The molecule has 0 atom stereocenters. The molecule has 0 unspecified atom stereocenters. The summed E-state index contributed by atoms with van der Waals surface area (Å²) in [6.45, 7) is 4.13. The molecule has 0 aliphatic rings. The molecule has 0 aliphatic heterocycles. The van der Waals surface area contributed by atoms with Crippen LogP contribution in [0.15, 0.2) is 65.5 Å². The van der Waals surface area contributed by atoms with Gasteiger partial charge in [0, 0.05) is 15.9 Å². The normalized spacial score (nSPS) is 11.2. The van der Waals surface area contributed by atoms with Crippen molar-refractivity contribution >= 4 is 39.7 Å². The van der Waals surface area contributed by atoms with Crippen LogP contribution in [0.5, 0.6) is 0 Å². The lowest BCUT2D eigenvalue weighted by Gasteiger charge is -2.25. The van der Waals surface area contributed by atoms with E-state index in [9.17, 15) is 9.59 Å². The molecule has 0 saturated carbocycles. The van der Waals surface area contributed by atoms with Gasteiger partial charge in [-0.05, 0) is 55.8 Å². The van der Waals surface area contributed by atoms with Crippen molar-refractivity contribution in [2.45, 2.75) is 26.4 Å². The van der Waals surface area contributed by atoms with Crippen molar-refractivity contribution in [3.8, 4) is 10.4 Å². The summed E-state index contributed by atoms with van der Waals surface area (Å²) in [6.07, 6.45) is 0.